The average Bonchev–Trinajstić information content (AvgIpc) is 2.85. The van der Waals surface area contributed by atoms with Crippen molar-refractivity contribution in [3.63, 3.8) is 0 Å². The topological polar surface area (TPSA) is 16.4 Å². The summed E-state index contributed by atoms with van der Waals surface area (Å²) < 4.78 is 5.32. The van der Waals surface area contributed by atoms with Gasteiger partial charge in [0.1, 0.15) is 5.76 Å². The van der Waals surface area contributed by atoms with E-state index in [1.165, 1.54) is 12.8 Å². The second kappa shape index (κ2) is 4.20. The predicted octanol–water partition coefficient (Wildman–Crippen LogP) is 2.17. The molecule has 1 fully saturated rings. The molecule has 0 aliphatic heterocycles. The minimum Gasteiger partial charge on any atom is -0.468 e. The zero-order chi connectivity index (χ0) is 9.10. The molecule has 1 aliphatic rings. The number of hydrogen-bond acceptors (Lipinski definition) is 3. The molecule has 0 unspecified atom stereocenters. The van der Waals surface area contributed by atoms with Crippen molar-refractivity contribution in [1.29, 1.82) is 0 Å². The molecule has 0 spiro atoms. The average molecular weight is 197 g/mol. The van der Waals surface area contributed by atoms with Crippen molar-refractivity contribution in [3.05, 3.63) is 24.2 Å². The summed E-state index contributed by atoms with van der Waals surface area (Å²) in [5.41, 5.74) is 0. The van der Waals surface area contributed by atoms with E-state index < -0.39 is 0 Å². The summed E-state index contributed by atoms with van der Waals surface area (Å²) in [6.07, 6.45) is 4.42. The fourth-order valence-electron chi connectivity index (χ4n) is 1.56. The van der Waals surface area contributed by atoms with Gasteiger partial charge in [-0.05, 0) is 25.0 Å². The Kier molecular flexibility index (Phi) is 2.96. The fourth-order valence-corrected chi connectivity index (χ4v) is 1.82. The highest BCUT2D eigenvalue weighted by Gasteiger charge is 2.28. The van der Waals surface area contributed by atoms with Crippen molar-refractivity contribution in [2.75, 3.05) is 12.3 Å². The zero-order valence-electron chi connectivity index (χ0n) is 7.65. The summed E-state index contributed by atoms with van der Waals surface area (Å²) in [5.74, 6) is 1.99. The predicted molar refractivity (Wildman–Crippen MR) is 56.0 cm³/mol. The third-order valence-corrected chi connectivity index (χ3v) is 2.59. The normalized spacial score (nSPS) is 16.8. The Balaban J connectivity index is 1.89. The van der Waals surface area contributed by atoms with Crippen molar-refractivity contribution >= 4 is 12.6 Å². The van der Waals surface area contributed by atoms with Gasteiger partial charge in [0.05, 0.1) is 12.8 Å². The Morgan fingerprint density at radius 1 is 1.54 bits per heavy atom. The lowest BCUT2D eigenvalue weighted by Gasteiger charge is -2.19. The molecule has 1 saturated carbocycles. The van der Waals surface area contributed by atoms with Gasteiger partial charge in [0.2, 0.25) is 0 Å². The van der Waals surface area contributed by atoms with Gasteiger partial charge in [-0.25, -0.2) is 0 Å². The van der Waals surface area contributed by atoms with Crippen LogP contribution in [0.3, 0.4) is 0 Å². The third-order valence-electron chi connectivity index (χ3n) is 2.39. The molecular formula is C10H15NOS. The van der Waals surface area contributed by atoms with Gasteiger partial charge < -0.3 is 4.42 Å². The van der Waals surface area contributed by atoms with Gasteiger partial charge in [0, 0.05) is 18.3 Å². The van der Waals surface area contributed by atoms with E-state index in [0.717, 1.165) is 30.6 Å². The van der Waals surface area contributed by atoms with E-state index in [9.17, 15) is 0 Å². The van der Waals surface area contributed by atoms with E-state index in [-0.39, 0.29) is 0 Å². The Labute approximate surface area is 84.3 Å². The van der Waals surface area contributed by atoms with Gasteiger partial charge in [0.15, 0.2) is 0 Å². The Hall–Kier alpha value is -0.410. The van der Waals surface area contributed by atoms with E-state index in [2.05, 4.69) is 17.5 Å². The first-order valence-electron chi connectivity index (χ1n) is 4.77. The van der Waals surface area contributed by atoms with Crippen molar-refractivity contribution in [2.45, 2.75) is 25.4 Å². The monoisotopic (exact) mass is 197 g/mol. The molecule has 0 N–H and O–H groups in total. The minimum absolute atomic E-state index is 0.789. The number of nitrogens with zero attached hydrogens (tertiary/aromatic N) is 1. The SMILES string of the molecule is SCCN(Cc1ccco1)C1CC1. The Morgan fingerprint density at radius 2 is 2.38 bits per heavy atom. The highest BCUT2D eigenvalue weighted by atomic mass is 32.1. The second-order valence-corrected chi connectivity index (χ2v) is 3.95. The van der Waals surface area contributed by atoms with Crippen LogP contribution in [-0.2, 0) is 6.54 Å². The first-order valence-corrected chi connectivity index (χ1v) is 5.40. The Morgan fingerprint density at radius 3 is 2.92 bits per heavy atom. The van der Waals surface area contributed by atoms with Crippen LogP contribution in [0.25, 0.3) is 0 Å². The Bertz CT molecular complexity index is 243. The molecule has 0 radical (unpaired) electrons. The van der Waals surface area contributed by atoms with Gasteiger partial charge in [0.25, 0.3) is 0 Å². The molecule has 13 heavy (non-hydrogen) atoms. The molecule has 3 heteroatoms. The molecular weight excluding hydrogens is 182 g/mol. The number of furan rings is 1. The van der Waals surface area contributed by atoms with Crippen LogP contribution in [0.15, 0.2) is 22.8 Å². The molecule has 1 heterocycles. The molecule has 1 aliphatic carbocycles. The van der Waals surface area contributed by atoms with E-state index in [1.54, 1.807) is 6.26 Å². The van der Waals surface area contributed by atoms with Gasteiger partial charge in [-0.2, -0.15) is 12.6 Å². The van der Waals surface area contributed by atoms with Gasteiger partial charge in [-0.1, -0.05) is 0 Å². The van der Waals surface area contributed by atoms with Crippen LogP contribution < -0.4 is 0 Å². The fraction of sp³-hybridized carbons (Fsp3) is 0.600. The summed E-state index contributed by atoms with van der Waals surface area (Å²) in [6, 6.07) is 4.77. The van der Waals surface area contributed by atoms with Crippen LogP contribution in [0.2, 0.25) is 0 Å². The van der Waals surface area contributed by atoms with Crippen LogP contribution in [0.5, 0.6) is 0 Å². The van der Waals surface area contributed by atoms with Crippen LogP contribution >= 0.6 is 12.6 Å². The van der Waals surface area contributed by atoms with Crippen LogP contribution in [-0.4, -0.2) is 23.2 Å². The van der Waals surface area contributed by atoms with Crippen molar-refractivity contribution < 1.29 is 4.42 Å². The summed E-state index contributed by atoms with van der Waals surface area (Å²) in [7, 11) is 0. The standard InChI is InChI=1S/C10H15NOS/c13-7-5-11(9-3-4-9)8-10-2-1-6-12-10/h1-2,6,9,13H,3-5,7-8H2. The molecule has 0 atom stereocenters. The molecule has 72 valence electrons. The number of rotatable bonds is 5. The zero-order valence-corrected chi connectivity index (χ0v) is 8.54. The lowest BCUT2D eigenvalue weighted by atomic mass is 10.4. The third kappa shape index (κ3) is 2.51. The van der Waals surface area contributed by atoms with Crippen LogP contribution in [0.1, 0.15) is 18.6 Å². The van der Waals surface area contributed by atoms with E-state index >= 15 is 0 Å². The van der Waals surface area contributed by atoms with Gasteiger partial charge in [-0.15, -0.1) is 0 Å². The van der Waals surface area contributed by atoms with Crippen LogP contribution in [0, 0.1) is 0 Å². The van der Waals surface area contributed by atoms with Gasteiger partial charge >= 0.3 is 0 Å². The lowest BCUT2D eigenvalue weighted by Crippen LogP contribution is -2.27. The summed E-state index contributed by atoms with van der Waals surface area (Å²) in [6.45, 7) is 2.01. The smallest absolute Gasteiger partial charge is 0.117 e. The number of thiol groups is 1. The maximum atomic E-state index is 5.32. The van der Waals surface area contributed by atoms with E-state index in [0.29, 0.717) is 0 Å². The highest BCUT2D eigenvalue weighted by molar-refractivity contribution is 7.80. The van der Waals surface area contributed by atoms with Crippen molar-refractivity contribution in [1.82, 2.24) is 4.90 Å². The van der Waals surface area contributed by atoms with Crippen molar-refractivity contribution in [3.8, 4) is 0 Å². The molecule has 0 saturated heterocycles. The summed E-state index contributed by atoms with van der Waals surface area (Å²) >= 11 is 4.26. The molecule has 1 aromatic heterocycles. The summed E-state index contributed by atoms with van der Waals surface area (Å²) in [5, 5.41) is 0. The molecule has 0 amide bonds. The number of hydrogen-bond donors (Lipinski definition) is 1. The van der Waals surface area contributed by atoms with Crippen LogP contribution in [0.4, 0.5) is 0 Å². The maximum absolute atomic E-state index is 5.32. The minimum atomic E-state index is 0.789. The van der Waals surface area contributed by atoms with E-state index in [4.69, 9.17) is 4.42 Å². The summed E-state index contributed by atoms with van der Waals surface area (Å²) in [4.78, 5) is 2.45. The molecule has 0 bridgehead atoms. The van der Waals surface area contributed by atoms with Crippen molar-refractivity contribution in [2.24, 2.45) is 0 Å². The van der Waals surface area contributed by atoms with E-state index in [1.807, 2.05) is 12.1 Å². The first kappa shape index (κ1) is 9.16. The quantitative estimate of drug-likeness (QED) is 0.728. The molecule has 1 aromatic rings. The maximum Gasteiger partial charge on any atom is 0.117 e. The largest absolute Gasteiger partial charge is 0.468 e. The first-order chi connectivity index (χ1) is 6.40. The highest BCUT2D eigenvalue weighted by Crippen LogP contribution is 2.28. The molecule has 2 nitrogen and oxygen atoms in total. The molecule has 0 aromatic carbocycles. The lowest BCUT2D eigenvalue weighted by molar-refractivity contribution is 0.248. The molecule has 2 rings (SSSR count). The van der Waals surface area contributed by atoms with Gasteiger partial charge in [-0.3, -0.25) is 4.90 Å². The second-order valence-electron chi connectivity index (χ2n) is 3.50.